The van der Waals surface area contributed by atoms with Crippen LogP contribution in [0.15, 0.2) is 5.38 Å². The molecule has 1 aliphatic heterocycles. The Balaban J connectivity index is 1.91. The summed E-state index contributed by atoms with van der Waals surface area (Å²) in [7, 11) is 0. The Bertz CT molecular complexity index is 342. The molecule has 15 heavy (non-hydrogen) atoms. The molecule has 2 heterocycles. The van der Waals surface area contributed by atoms with Crippen LogP contribution in [0.3, 0.4) is 0 Å². The summed E-state index contributed by atoms with van der Waals surface area (Å²) in [5.74, 6) is 0.184. The summed E-state index contributed by atoms with van der Waals surface area (Å²) in [6.07, 6.45) is 3.32. The number of aryl methyl sites for hydroxylation is 1. The van der Waals surface area contributed by atoms with E-state index in [0.29, 0.717) is 6.42 Å². The van der Waals surface area contributed by atoms with Crippen LogP contribution < -0.4 is 0 Å². The highest BCUT2D eigenvalue weighted by Gasteiger charge is 2.22. The van der Waals surface area contributed by atoms with Crippen molar-refractivity contribution < 1.29 is 9.53 Å². The second-order valence-corrected chi connectivity index (χ2v) is 4.82. The molecule has 0 amide bonds. The van der Waals surface area contributed by atoms with E-state index in [-0.39, 0.29) is 11.9 Å². The van der Waals surface area contributed by atoms with Gasteiger partial charge in [-0.2, -0.15) is 0 Å². The zero-order valence-electron chi connectivity index (χ0n) is 8.86. The highest BCUT2D eigenvalue weighted by molar-refractivity contribution is 7.09. The van der Waals surface area contributed by atoms with E-state index in [9.17, 15) is 4.79 Å². The SMILES string of the molecule is Cc1csc(CC(=O)C2CCCCO2)n1. The van der Waals surface area contributed by atoms with Crippen molar-refractivity contribution in [3.63, 3.8) is 0 Å². The number of aromatic nitrogens is 1. The van der Waals surface area contributed by atoms with Crippen LogP contribution in [0.1, 0.15) is 30.0 Å². The molecule has 0 aliphatic carbocycles. The first-order chi connectivity index (χ1) is 7.25. The van der Waals surface area contributed by atoms with Gasteiger partial charge in [-0.15, -0.1) is 11.3 Å². The number of thiazole rings is 1. The van der Waals surface area contributed by atoms with Crippen molar-refractivity contribution in [2.45, 2.75) is 38.7 Å². The Morgan fingerprint density at radius 3 is 3.13 bits per heavy atom. The minimum Gasteiger partial charge on any atom is -0.370 e. The molecule has 2 rings (SSSR count). The number of carbonyl (C=O) groups is 1. The predicted molar refractivity (Wildman–Crippen MR) is 59.2 cm³/mol. The van der Waals surface area contributed by atoms with Crippen LogP contribution in [0, 0.1) is 6.92 Å². The number of ketones is 1. The van der Waals surface area contributed by atoms with Gasteiger partial charge in [0.2, 0.25) is 0 Å². The van der Waals surface area contributed by atoms with Gasteiger partial charge in [-0.1, -0.05) is 0 Å². The summed E-state index contributed by atoms with van der Waals surface area (Å²) in [6, 6.07) is 0. The first-order valence-electron chi connectivity index (χ1n) is 5.31. The van der Waals surface area contributed by atoms with Crippen molar-refractivity contribution in [2.75, 3.05) is 6.61 Å². The quantitative estimate of drug-likeness (QED) is 0.791. The second kappa shape index (κ2) is 4.86. The summed E-state index contributed by atoms with van der Waals surface area (Å²) in [4.78, 5) is 16.1. The van der Waals surface area contributed by atoms with Crippen molar-refractivity contribution in [2.24, 2.45) is 0 Å². The number of ether oxygens (including phenoxy) is 1. The Kier molecular flexibility index (Phi) is 3.49. The fourth-order valence-corrected chi connectivity index (χ4v) is 2.52. The first-order valence-corrected chi connectivity index (χ1v) is 6.19. The number of hydrogen-bond donors (Lipinski definition) is 0. The molecule has 0 saturated carbocycles. The normalized spacial score (nSPS) is 21.5. The summed E-state index contributed by atoms with van der Waals surface area (Å²) >= 11 is 1.55. The van der Waals surface area contributed by atoms with Crippen LogP contribution in [0.25, 0.3) is 0 Å². The zero-order chi connectivity index (χ0) is 10.7. The lowest BCUT2D eigenvalue weighted by Crippen LogP contribution is -2.29. The van der Waals surface area contributed by atoms with Gasteiger partial charge in [-0.05, 0) is 26.2 Å². The van der Waals surface area contributed by atoms with Crippen LogP contribution >= 0.6 is 11.3 Å². The van der Waals surface area contributed by atoms with E-state index >= 15 is 0 Å². The first kappa shape index (κ1) is 10.8. The Labute approximate surface area is 93.5 Å². The molecule has 0 aromatic carbocycles. The molecule has 1 saturated heterocycles. The summed E-state index contributed by atoms with van der Waals surface area (Å²) in [6.45, 7) is 2.68. The van der Waals surface area contributed by atoms with Gasteiger partial charge in [0.05, 0.1) is 6.42 Å². The van der Waals surface area contributed by atoms with Crippen molar-refractivity contribution in [1.82, 2.24) is 4.98 Å². The molecule has 1 aliphatic rings. The van der Waals surface area contributed by atoms with Crippen molar-refractivity contribution in [3.05, 3.63) is 16.1 Å². The predicted octanol–water partition coefficient (Wildman–Crippen LogP) is 2.13. The van der Waals surface area contributed by atoms with E-state index in [1.807, 2.05) is 12.3 Å². The Morgan fingerprint density at radius 2 is 2.53 bits per heavy atom. The maximum Gasteiger partial charge on any atom is 0.168 e. The van der Waals surface area contributed by atoms with Crippen LogP contribution in [0.5, 0.6) is 0 Å². The third-order valence-electron chi connectivity index (χ3n) is 2.53. The van der Waals surface area contributed by atoms with E-state index in [4.69, 9.17) is 4.74 Å². The molecule has 1 atom stereocenters. The van der Waals surface area contributed by atoms with Gasteiger partial charge in [-0.3, -0.25) is 4.79 Å². The molecular weight excluding hydrogens is 210 g/mol. The lowest BCUT2D eigenvalue weighted by molar-refractivity contribution is -0.132. The second-order valence-electron chi connectivity index (χ2n) is 3.88. The van der Waals surface area contributed by atoms with E-state index in [1.165, 1.54) is 0 Å². The van der Waals surface area contributed by atoms with E-state index in [2.05, 4.69) is 4.98 Å². The van der Waals surface area contributed by atoms with Crippen molar-refractivity contribution >= 4 is 17.1 Å². The Morgan fingerprint density at radius 1 is 1.67 bits per heavy atom. The van der Waals surface area contributed by atoms with Gasteiger partial charge in [-0.25, -0.2) is 4.98 Å². The van der Waals surface area contributed by atoms with Crippen molar-refractivity contribution in [3.8, 4) is 0 Å². The third kappa shape index (κ3) is 2.86. The maximum absolute atomic E-state index is 11.8. The molecule has 0 bridgehead atoms. The smallest absolute Gasteiger partial charge is 0.168 e. The van der Waals surface area contributed by atoms with Crippen LogP contribution in [-0.4, -0.2) is 23.5 Å². The van der Waals surface area contributed by atoms with E-state index < -0.39 is 0 Å². The highest BCUT2D eigenvalue weighted by atomic mass is 32.1. The van der Waals surface area contributed by atoms with Gasteiger partial charge in [0.15, 0.2) is 5.78 Å². The molecule has 82 valence electrons. The standard InChI is InChI=1S/C11H15NO2S/c1-8-7-15-11(12-8)6-9(13)10-4-2-3-5-14-10/h7,10H,2-6H2,1H3. The number of rotatable bonds is 3. The number of hydrogen-bond acceptors (Lipinski definition) is 4. The molecule has 0 spiro atoms. The molecule has 1 aromatic rings. The maximum atomic E-state index is 11.8. The van der Waals surface area contributed by atoms with Gasteiger partial charge in [0, 0.05) is 17.7 Å². The molecule has 3 nitrogen and oxygen atoms in total. The van der Waals surface area contributed by atoms with E-state index in [0.717, 1.165) is 36.6 Å². The average molecular weight is 225 g/mol. The number of carbonyl (C=O) groups excluding carboxylic acids is 1. The summed E-state index contributed by atoms with van der Waals surface area (Å²) in [5.41, 5.74) is 0.993. The van der Waals surface area contributed by atoms with Crippen LogP contribution in [0.2, 0.25) is 0 Å². The third-order valence-corrected chi connectivity index (χ3v) is 3.50. The largest absolute Gasteiger partial charge is 0.370 e. The average Bonchev–Trinajstić information content (AvgIpc) is 2.65. The highest BCUT2D eigenvalue weighted by Crippen LogP contribution is 2.17. The number of Topliss-reactive ketones (excluding diaryl/α,β-unsaturated/α-hetero) is 1. The van der Waals surface area contributed by atoms with Gasteiger partial charge < -0.3 is 4.74 Å². The van der Waals surface area contributed by atoms with Gasteiger partial charge in [0.1, 0.15) is 11.1 Å². The molecule has 0 radical (unpaired) electrons. The van der Waals surface area contributed by atoms with E-state index in [1.54, 1.807) is 11.3 Å². The molecule has 0 N–H and O–H groups in total. The monoisotopic (exact) mass is 225 g/mol. The summed E-state index contributed by atoms with van der Waals surface area (Å²) < 4.78 is 5.45. The molecule has 1 fully saturated rings. The van der Waals surface area contributed by atoms with Crippen LogP contribution in [0.4, 0.5) is 0 Å². The lowest BCUT2D eigenvalue weighted by atomic mass is 10.0. The molecule has 4 heteroatoms. The zero-order valence-corrected chi connectivity index (χ0v) is 9.68. The minimum absolute atomic E-state index is 0.178. The summed E-state index contributed by atoms with van der Waals surface area (Å²) in [5, 5.41) is 2.89. The molecule has 1 aromatic heterocycles. The fraction of sp³-hybridized carbons (Fsp3) is 0.636. The Hall–Kier alpha value is -0.740. The topological polar surface area (TPSA) is 39.2 Å². The fourth-order valence-electron chi connectivity index (χ4n) is 1.74. The molecule has 1 unspecified atom stereocenters. The van der Waals surface area contributed by atoms with Gasteiger partial charge in [0.25, 0.3) is 0 Å². The van der Waals surface area contributed by atoms with Crippen LogP contribution in [-0.2, 0) is 16.0 Å². The number of nitrogens with zero attached hydrogens (tertiary/aromatic N) is 1. The van der Waals surface area contributed by atoms with Crippen molar-refractivity contribution in [1.29, 1.82) is 0 Å². The van der Waals surface area contributed by atoms with Gasteiger partial charge >= 0.3 is 0 Å². The molecular formula is C11H15NO2S. The minimum atomic E-state index is -0.178. The lowest BCUT2D eigenvalue weighted by Gasteiger charge is -2.20.